The molecule has 0 bridgehead atoms. The minimum atomic E-state index is -0.620. The Balaban J connectivity index is 2.30. The summed E-state index contributed by atoms with van der Waals surface area (Å²) >= 11 is 0. The van der Waals surface area contributed by atoms with Gasteiger partial charge in [-0.2, -0.15) is 0 Å². The first kappa shape index (κ1) is 18.9. The molecule has 0 saturated heterocycles. The topological polar surface area (TPSA) is 70.8 Å². The first-order valence-corrected chi connectivity index (χ1v) is 8.85. The molecule has 0 spiro atoms. The Kier molecular flexibility index (Phi) is 5.42. The number of fused-ring (bicyclic) bond motifs is 1. The monoisotopic (exact) mass is 365 g/mol. The molecule has 5 nitrogen and oxygen atoms in total. The molecule has 0 saturated carbocycles. The quantitative estimate of drug-likeness (QED) is 0.678. The first-order valence-electron chi connectivity index (χ1n) is 8.85. The molecule has 27 heavy (non-hydrogen) atoms. The number of para-hydroxylation sites is 1. The second-order valence-electron chi connectivity index (χ2n) is 7.02. The largest absolute Gasteiger partial charge is 0.507 e. The summed E-state index contributed by atoms with van der Waals surface area (Å²) < 4.78 is 5.47. The number of carbonyl (C=O) groups is 1. The van der Waals surface area contributed by atoms with E-state index >= 15 is 0 Å². The molecule has 3 rings (SSSR count). The van der Waals surface area contributed by atoms with Crippen molar-refractivity contribution in [2.24, 2.45) is 5.92 Å². The lowest BCUT2D eigenvalue weighted by Gasteiger charge is -2.28. The lowest BCUT2D eigenvalue weighted by molar-refractivity contribution is -0.121. The average Bonchev–Trinajstić information content (AvgIpc) is 2.64. The Morgan fingerprint density at radius 2 is 1.70 bits per heavy atom. The van der Waals surface area contributed by atoms with Crippen LogP contribution in [0.15, 0.2) is 63.8 Å². The highest BCUT2D eigenvalue weighted by Gasteiger charge is 2.34. The minimum absolute atomic E-state index is 0.0514. The highest BCUT2D eigenvalue weighted by atomic mass is 16.4. The Bertz CT molecular complexity index is 1010. The van der Waals surface area contributed by atoms with E-state index in [1.165, 1.54) is 6.92 Å². The number of hydrogen-bond donors (Lipinski definition) is 1. The van der Waals surface area contributed by atoms with Gasteiger partial charge in [0.1, 0.15) is 17.1 Å². The summed E-state index contributed by atoms with van der Waals surface area (Å²) in [5, 5.41) is 11.4. The SMILES string of the molecule is CC(=O)[C@@H](CN(C)C)[C@@H](c1ccccc1)c1c(O)c2ccccc2oc1=O. The number of benzene rings is 2. The number of Topliss-reactive ketones (excluding diaryl/α,β-unsaturated/α-hetero) is 1. The molecule has 2 atom stereocenters. The van der Waals surface area contributed by atoms with Crippen LogP contribution in [0.25, 0.3) is 11.0 Å². The number of rotatable bonds is 6. The number of nitrogens with zero attached hydrogens (tertiary/aromatic N) is 1. The molecule has 0 amide bonds. The summed E-state index contributed by atoms with van der Waals surface area (Å²) in [4.78, 5) is 27.2. The number of aromatic hydroxyl groups is 1. The van der Waals surface area contributed by atoms with Crippen LogP contribution in [0.2, 0.25) is 0 Å². The molecule has 140 valence electrons. The summed E-state index contributed by atoms with van der Waals surface area (Å²) in [6, 6.07) is 16.2. The summed E-state index contributed by atoms with van der Waals surface area (Å²) in [6.45, 7) is 1.96. The van der Waals surface area contributed by atoms with E-state index < -0.39 is 17.5 Å². The number of ketones is 1. The van der Waals surface area contributed by atoms with E-state index in [0.717, 1.165) is 5.56 Å². The fourth-order valence-electron chi connectivity index (χ4n) is 3.54. The highest BCUT2D eigenvalue weighted by Crippen LogP contribution is 2.38. The fourth-order valence-corrected chi connectivity index (χ4v) is 3.54. The van der Waals surface area contributed by atoms with Crippen LogP contribution in [0, 0.1) is 5.92 Å². The van der Waals surface area contributed by atoms with Gasteiger partial charge in [0.15, 0.2) is 0 Å². The molecule has 1 N–H and O–H groups in total. The first-order chi connectivity index (χ1) is 12.9. The summed E-state index contributed by atoms with van der Waals surface area (Å²) in [7, 11) is 3.75. The van der Waals surface area contributed by atoms with Crippen LogP contribution >= 0.6 is 0 Å². The van der Waals surface area contributed by atoms with Crippen LogP contribution < -0.4 is 5.63 Å². The molecule has 1 aromatic heterocycles. The van der Waals surface area contributed by atoms with Crippen molar-refractivity contribution in [3.8, 4) is 5.75 Å². The van der Waals surface area contributed by atoms with Crippen LogP contribution in [0.1, 0.15) is 24.0 Å². The maximum atomic E-state index is 12.8. The second kappa shape index (κ2) is 7.76. The minimum Gasteiger partial charge on any atom is -0.507 e. The molecule has 3 aromatic rings. The van der Waals surface area contributed by atoms with Crippen molar-refractivity contribution in [3.05, 3.63) is 76.1 Å². The summed E-state index contributed by atoms with van der Waals surface area (Å²) in [5.74, 6) is -1.28. The van der Waals surface area contributed by atoms with Gasteiger partial charge >= 0.3 is 5.63 Å². The van der Waals surface area contributed by atoms with Crippen LogP contribution in [-0.4, -0.2) is 36.4 Å². The van der Waals surface area contributed by atoms with Gasteiger partial charge in [-0.1, -0.05) is 42.5 Å². The Morgan fingerprint density at radius 1 is 1.07 bits per heavy atom. The van der Waals surface area contributed by atoms with Gasteiger partial charge in [0.25, 0.3) is 0 Å². The van der Waals surface area contributed by atoms with Gasteiger partial charge in [-0.05, 0) is 38.7 Å². The van der Waals surface area contributed by atoms with Crippen molar-refractivity contribution in [3.63, 3.8) is 0 Å². The third kappa shape index (κ3) is 3.78. The van der Waals surface area contributed by atoms with E-state index in [2.05, 4.69) is 0 Å². The third-order valence-electron chi connectivity index (χ3n) is 4.78. The van der Waals surface area contributed by atoms with Crippen molar-refractivity contribution in [1.82, 2.24) is 4.90 Å². The molecule has 2 aromatic carbocycles. The van der Waals surface area contributed by atoms with E-state index in [4.69, 9.17) is 4.42 Å². The van der Waals surface area contributed by atoms with Gasteiger partial charge < -0.3 is 14.4 Å². The smallest absolute Gasteiger partial charge is 0.343 e. The molecule has 0 radical (unpaired) electrons. The Labute approximate surface area is 157 Å². The number of carbonyl (C=O) groups excluding carboxylic acids is 1. The molecule has 0 unspecified atom stereocenters. The molecular weight excluding hydrogens is 342 g/mol. The highest BCUT2D eigenvalue weighted by molar-refractivity contribution is 5.85. The number of hydrogen-bond acceptors (Lipinski definition) is 5. The van der Waals surface area contributed by atoms with Gasteiger partial charge in [0.05, 0.1) is 10.9 Å². The normalized spacial score (nSPS) is 13.6. The molecule has 0 fully saturated rings. The maximum Gasteiger partial charge on any atom is 0.343 e. The van der Waals surface area contributed by atoms with Gasteiger partial charge in [-0.15, -0.1) is 0 Å². The predicted octanol–water partition coefficient (Wildman–Crippen LogP) is 3.40. The van der Waals surface area contributed by atoms with Gasteiger partial charge in [-0.3, -0.25) is 4.79 Å². The third-order valence-corrected chi connectivity index (χ3v) is 4.78. The maximum absolute atomic E-state index is 12.8. The van der Waals surface area contributed by atoms with Crippen molar-refractivity contribution >= 4 is 16.8 Å². The molecule has 0 aliphatic heterocycles. The van der Waals surface area contributed by atoms with E-state index in [0.29, 0.717) is 17.5 Å². The second-order valence-corrected chi connectivity index (χ2v) is 7.02. The van der Waals surface area contributed by atoms with E-state index in [1.807, 2.05) is 49.3 Å². The van der Waals surface area contributed by atoms with Crippen LogP contribution in [0.3, 0.4) is 0 Å². The molecular formula is C22H23NO4. The van der Waals surface area contributed by atoms with Crippen LogP contribution in [0.5, 0.6) is 5.75 Å². The van der Waals surface area contributed by atoms with Crippen molar-refractivity contribution < 1.29 is 14.3 Å². The van der Waals surface area contributed by atoms with Gasteiger partial charge in [-0.25, -0.2) is 4.79 Å². The summed E-state index contributed by atoms with van der Waals surface area (Å²) in [6.07, 6.45) is 0. The van der Waals surface area contributed by atoms with Crippen LogP contribution in [-0.2, 0) is 4.79 Å². The van der Waals surface area contributed by atoms with E-state index in [1.54, 1.807) is 24.3 Å². The van der Waals surface area contributed by atoms with E-state index in [-0.39, 0.29) is 17.1 Å². The van der Waals surface area contributed by atoms with Crippen molar-refractivity contribution in [1.29, 1.82) is 0 Å². The Hall–Kier alpha value is -2.92. The molecule has 0 aliphatic carbocycles. The average molecular weight is 365 g/mol. The standard InChI is InChI=1S/C22H23NO4/c1-14(24)17(13-23(2)3)19(15-9-5-4-6-10-15)20-21(25)16-11-7-8-12-18(16)27-22(20)26/h4-12,17,19,25H,13H2,1-3H3/t17-,19-/m1/s1. The van der Waals surface area contributed by atoms with Gasteiger partial charge in [0, 0.05) is 18.4 Å². The zero-order valence-electron chi connectivity index (χ0n) is 15.7. The van der Waals surface area contributed by atoms with Crippen LogP contribution in [0.4, 0.5) is 0 Å². The summed E-state index contributed by atoms with van der Waals surface area (Å²) in [5.41, 5.74) is 0.618. The fraction of sp³-hybridized carbons (Fsp3) is 0.273. The predicted molar refractivity (Wildman–Crippen MR) is 105 cm³/mol. The van der Waals surface area contributed by atoms with Crippen molar-refractivity contribution in [2.45, 2.75) is 12.8 Å². The molecule has 1 heterocycles. The van der Waals surface area contributed by atoms with Crippen molar-refractivity contribution in [2.75, 3.05) is 20.6 Å². The zero-order valence-corrected chi connectivity index (χ0v) is 15.7. The molecule has 5 heteroatoms. The lowest BCUT2D eigenvalue weighted by Crippen LogP contribution is -2.34. The Morgan fingerprint density at radius 3 is 2.33 bits per heavy atom. The van der Waals surface area contributed by atoms with Gasteiger partial charge in [0.2, 0.25) is 0 Å². The zero-order chi connectivity index (χ0) is 19.6. The lowest BCUT2D eigenvalue weighted by atomic mass is 9.78. The molecule has 0 aliphatic rings. The van der Waals surface area contributed by atoms with E-state index in [9.17, 15) is 14.7 Å².